The van der Waals surface area contributed by atoms with Crippen molar-refractivity contribution in [1.29, 1.82) is 10.8 Å². The molecule has 1 atom stereocenters. The average molecular weight is 740 g/mol. The molecule has 10 nitrogen and oxygen atoms in total. The number of aromatic nitrogens is 1. The van der Waals surface area contributed by atoms with Gasteiger partial charge >= 0.3 is 0 Å². The zero-order chi connectivity index (χ0) is 37.2. The van der Waals surface area contributed by atoms with Crippen LogP contribution in [0.5, 0.6) is 0 Å². The molecule has 0 saturated carbocycles. The van der Waals surface area contributed by atoms with Gasteiger partial charge in [0.15, 0.2) is 0 Å². The topological polar surface area (TPSA) is 143 Å². The van der Waals surface area contributed by atoms with Crippen LogP contribution in [-0.4, -0.2) is 57.6 Å². The number of unbranched alkanes of at least 4 members (excludes halogenated alkanes) is 1. The molecule has 2 aromatic carbocycles. The number of nitrogens with one attached hydrogen (secondary N) is 3. The van der Waals surface area contributed by atoms with Crippen LogP contribution in [0.2, 0.25) is 5.02 Å². The molecule has 4 aromatic rings. The van der Waals surface area contributed by atoms with Gasteiger partial charge in [-0.25, -0.2) is 4.98 Å². The van der Waals surface area contributed by atoms with Gasteiger partial charge in [0, 0.05) is 52.9 Å². The summed E-state index contributed by atoms with van der Waals surface area (Å²) in [7, 11) is 0. The van der Waals surface area contributed by atoms with Gasteiger partial charge in [0.1, 0.15) is 28.4 Å². The minimum absolute atomic E-state index is 0.156. The summed E-state index contributed by atoms with van der Waals surface area (Å²) in [6.07, 6.45) is 4.64. The molecule has 0 bridgehead atoms. The smallest absolute Gasteiger partial charge is 0.255 e. The summed E-state index contributed by atoms with van der Waals surface area (Å²) in [5.41, 5.74) is 7.29. The molecule has 53 heavy (non-hydrogen) atoms. The number of anilines is 1. The van der Waals surface area contributed by atoms with Crippen LogP contribution in [0.15, 0.2) is 65.8 Å². The van der Waals surface area contributed by atoms with E-state index in [1.165, 1.54) is 11.3 Å². The van der Waals surface area contributed by atoms with Gasteiger partial charge in [0.2, 0.25) is 11.8 Å². The van der Waals surface area contributed by atoms with Gasteiger partial charge < -0.3 is 4.90 Å². The number of fused-ring (bicyclic) bond motifs is 2. The fourth-order valence-corrected chi connectivity index (χ4v) is 8.05. The fraction of sp³-hybridized carbons (Fsp3) is 0.244. The van der Waals surface area contributed by atoms with Crippen LogP contribution in [0.3, 0.4) is 0 Å². The number of carbonyl (C=O) groups is 3. The SMILES string of the molecule is CC(=N)N1C(=N)CN=C(c2ccc(Cl)cc2)c2c1sc(C#Cc1ccc(CCCC#Cc3cccc4c3CN(C3CCC(=O)NC3=O)C4=O)cn1)c2C. The van der Waals surface area contributed by atoms with E-state index in [4.69, 9.17) is 27.4 Å². The molecular formula is C41H34ClN7O3S. The van der Waals surface area contributed by atoms with Crippen molar-refractivity contribution in [1.82, 2.24) is 15.2 Å². The van der Waals surface area contributed by atoms with Gasteiger partial charge in [-0.2, -0.15) is 0 Å². The Morgan fingerprint density at radius 1 is 1.08 bits per heavy atom. The molecule has 264 valence electrons. The van der Waals surface area contributed by atoms with Crippen LogP contribution >= 0.6 is 22.9 Å². The molecule has 7 rings (SSSR count). The molecule has 0 radical (unpaired) electrons. The number of aliphatic imine (C=N–C) groups is 1. The van der Waals surface area contributed by atoms with Crippen molar-refractivity contribution in [2.45, 2.75) is 58.5 Å². The molecule has 3 aliphatic rings. The van der Waals surface area contributed by atoms with E-state index in [1.54, 1.807) is 22.8 Å². The maximum absolute atomic E-state index is 13.1. The van der Waals surface area contributed by atoms with E-state index in [0.29, 0.717) is 35.7 Å². The van der Waals surface area contributed by atoms with E-state index in [-0.39, 0.29) is 36.5 Å². The summed E-state index contributed by atoms with van der Waals surface area (Å²) >= 11 is 7.60. The second-order valence-corrected chi connectivity index (χ2v) is 14.4. The monoisotopic (exact) mass is 739 g/mol. The van der Waals surface area contributed by atoms with Gasteiger partial charge in [-0.1, -0.05) is 47.7 Å². The van der Waals surface area contributed by atoms with Gasteiger partial charge in [0.05, 0.1) is 17.1 Å². The lowest BCUT2D eigenvalue weighted by Gasteiger charge is -2.29. The Bertz CT molecular complexity index is 2360. The van der Waals surface area contributed by atoms with Crippen molar-refractivity contribution in [3.05, 3.63) is 115 Å². The normalized spacial score (nSPS) is 16.4. The Hall–Kier alpha value is -5.88. The number of aryl methyl sites for hydroxylation is 1. The number of amides is 3. The quantitative estimate of drug-likeness (QED) is 0.0727. The Kier molecular flexibility index (Phi) is 10.1. The highest BCUT2D eigenvalue weighted by Crippen LogP contribution is 2.39. The van der Waals surface area contributed by atoms with Crippen LogP contribution in [0.4, 0.5) is 5.00 Å². The van der Waals surface area contributed by atoms with Crippen molar-refractivity contribution >= 4 is 63.0 Å². The summed E-state index contributed by atoms with van der Waals surface area (Å²) in [5.74, 6) is 12.5. The molecule has 1 saturated heterocycles. The van der Waals surface area contributed by atoms with Gasteiger partial charge in [0.25, 0.3) is 5.91 Å². The van der Waals surface area contributed by atoms with Crippen molar-refractivity contribution in [3.63, 3.8) is 0 Å². The standard InChI is InChI=1S/C41H34ClN7O3S/c1-24-34(53-41-37(24)38(28-12-14-29(42)15-13-28)46-22-35(44)49(41)25(2)43)19-17-30-16-11-26(21-45-30)7-4-3-5-8-27-9-6-10-31-32(27)23-48(40(31)52)33-18-20-36(50)47-39(33)51/h6,9-16,21,33,43-44H,3-4,7,18,20,22-23H2,1-2H3,(H,47,50,51). The third-order valence-corrected chi connectivity index (χ3v) is 10.8. The largest absolute Gasteiger partial charge is 0.322 e. The average Bonchev–Trinajstić information content (AvgIpc) is 3.58. The second kappa shape index (κ2) is 15.0. The maximum atomic E-state index is 13.1. The first-order valence-corrected chi connectivity index (χ1v) is 18.4. The first-order chi connectivity index (χ1) is 25.6. The molecular weight excluding hydrogens is 706 g/mol. The number of benzene rings is 2. The first-order valence-electron chi connectivity index (χ1n) is 17.2. The summed E-state index contributed by atoms with van der Waals surface area (Å²) in [6.45, 7) is 4.12. The number of thiophene rings is 1. The van der Waals surface area contributed by atoms with Crippen LogP contribution in [-0.2, 0) is 22.6 Å². The van der Waals surface area contributed by atoms with E-state index >= 15 is 0 Å². The number of halogens is 1. The number of hydrogen-bond donors (Lipinski definition) is 3. The molecule has 1 unspecified atom stereocenters. The first kappa shape index (κ1) is 35.5. The van der Waals surface area contributed by atoms with Crippen LogP contribution in [0.1, 0.15) is 86.9 Å². The van der Waals surface area contributed by atoms with Gasteiger partial charge in [-0.15, -0.1) is 11.3 Å². The third-order valence-electron chi connectivity index (χ3n) is 9.38. The molecule has 1 fully saturated rings. The number of nitrogens with zero attached hydrogens (tertiary/aromatic N) is 4. The minimum atomic E-state index is -0.655. The predicted molar refractivity (Wildman–Crippen MR) is 207 cm³/mol. The van der Waals surface area contributed by atoms with Crippen molar-refractivity contribution in [2.75, 3.05) is 11.4 Å². The molecule has 3 amide bonds. The van der Waals surface area contributed by atoms with E-state index < -0.39 is 11.9 Å². The molecule has 3 N–H and O–H groups in total. The number of amidine groups is 2. The Labute approximate surface area is 316 Å². The highest BCUT2D eigenvalue weighted by atomic mass is 35.5. The third kappa shape index (κ3) is 7.27. The van der Waals surface area contributed by atoms with E-state index in [9.17, 15) is 14.4 Å². The molecule has 3 aliphatic heterocycles. The summed E-state index contributed by atoms with van der Waals surface area (Å²) in [6, 6.07) is 16.2. The van der Waals surface area contributed by atoms with Crippen molar-refractivity contribution in [2.24, 2.45) is 4.99 Å². The van der Waals surface area contributed by atoms with E-state index in [1.807, 2.05) is 61.7 Å². The number of imide groups is 1. The molecule has 2 aromatic heterocycles. The lowest BCUT2D eigenvalue weighted by Crippen LogP contribution is -2.52. The number of carbonyl (C=O) groups excluding carboxylic acids is 3. The summed E-state index contributed by atoms with van der Waals surface area (Å²) in [4.78, 5) is 50.5. The molecule has 12 heteroatoms. The zero-order valence-electron chi connectivity index (χ0n) is 29.1. The molecule has 5 heterocycles. The summed E-state index contributed by atoms with van der Waals surface area (Å²) < 4.78 is 0. The van der Waals surface area contributed by atoms with Crippen LogP contribution < -0.4 is 10.2 Å². The number of rotatable bonds is 5. The van der Waals surface area contributed by atoms with E-state index in [2.05, 4.69) is 34.0 Å². The van der Waals surface area contributed by atoms with Crippen molar-refractivity contribution in [3.8, 4) is 23.7 Å². The van der Waals surface area contributed by atoms with Crippen LogP contribution in [0.25, 0.3) is 0 Å². The summed E-state index contributed by atoms with van der Waals surface area (Å²) in [5, 5.41) is 20.8. The Morgan fingerprint density at radius 3 is 2.62 bits per heavy atom. The minimum Gasteiger partial charge on any atom is -0.322 e. The number of pyridine rings is 1. The molecule has 0 aliphatic carbocycles. The number of piperidine rings is 1. The van der Waals surface area contributed by atoms with Gasteiger partial charge in [-0.3, -0.25) is 40.4 Å². The Morgan fingerprint density at radius 2 is 1.89 bits per heavy atom. The number of hydrogen-bond acceptors (Lipinski definition) is 8. The van der Waals surface area contributed by atoms with E-state index in [0.717, 1.165) is 61.8 Å². The zero-order valence-corrected chi connectivity index (χ0v) is 30.7. The lowest BCUT2D eigenvalue weighted by atomic mass is 9.99. The highest BCUT2D eigenvalue weighted by Gasteiger charge is 2.39. The fourth-order valence-electron chi connectivity index (χ4n) is 6.69. The maximum Gasteiger partial charge on any atom is 0.255 e. The van der Waals surface area contributed by atoms with Crippen LogP contribution in [0, 0.1) is 41.4 Å². The lowest BCUT2D eigenvalue weighted by molar-refractivity contribution is -0.136. The Balaban J connectivity index is 1.01. The van der Waals surface area contributed by atoms with Gasteiger partial charge in [-0.05, 0) is 92.0 Å². The highest BCUT2D eigenvalue weighted by molar-refractivity contribution is 7.17. The van der Waals surface area contributed by atoms with Crippen molar-refractivity contribution < 1.29 is 14.4 Å². The predicted octanol–water partition coefficient (Wildman–Crippen LogP) is 6.27. The molecule has 0 spiro atoms. The second-order valence-electron chi connectivity index (χ2n) is 13.0.